The summed E-state index contributed by atoms with van der Waals surface area (Å²) in [7, 11) is 1.85. The van der Waals surface area contributed by atoms with Gasteiger partial charge in [-0.2, -0.15) is 0 Å². The second-order valence-corrected chi connectivity index (χ2v) is 3.61. The van der Waals surface area contributed by atoms with Crippen molar-refractivity contribution in [3.8, 4) is 0 Å². The highest BCUT2D eigenvalue weighted by atomic mass is 16.3. The molecule has 0 bridgehead atoms. The minimum atomic E-state index is -0.364. The minimum absolute atomic E-state index is 0.364. The number of aliphatic hydroxyl groups is 1. The molecule has 4 heteroatoms. The van der Waals surface area contributed by atoms with E-state index in [1.54, 1.807) is 4.68 Å². The Balaban J connectivity index is 1.87. The van der Waals surface area contributed by atoms with Crippen LogP contribution >= 0.6 is 0 Å². The highest BCUT2D eigenvalue weighted by molar-refractivity contribution is 4.99. The summed E-state index contributed by atoms with van der Waals surface area (Å²) in [4.78, 5) is 0. The molecule has 1 aromatic heterocycles. The first kappa shape index (κ1) is 7.73. The van der Waals surface area contributed by atoms with Crippen LogP contribution in [-0.2, 0) is 13.5 Å². The Bertz CT molecular complexity index is 278. The van der Waals surface area contributed by atoms with E-state index in [1.807, 2.05) is 13.2 Å². The molecule has 4 nitrogen and oxygen atoms in total. The molecule has 1 aliphatic rings. The summed E-state index contributed by atoms with van der Waals surface area (Å²) in [5, 5.41) is 17.3. The summed E-state index contributed by atoms with van der Waals surface area (Å²) in [5.74, 6) is 0. The van der Waals surface area contributed by atoms with E-state index in [4.69, 9.17) is 0 Å². The summed E-state index contributed by atoms with van der Waals surface area (Å²) in [5.41, 5.74) is 0.607. The SMILES string of the molecule is Cn1cc(CCC2(O)CC2)nn1. The van der Waals surface area contributed by atoms with Gasteiger partial charge in [0, 0.05) is 13.2 Å². The number of nitrogens with zero attached hydrogens (tertiary/aromatic N) is 3. The zero-order valence-electron chi connectivity index (χ0n) is 7.19. The van der Waals surface area contributed by atoms with Crippen molar-refractivity contribution < 1.29 is 5.11 Å². The molecular weight excluding hydrogens is 154 g/mol. The van der Waals surface area contributed by atoms with E-state index in [0.29, 0.717) is 0 Å². The number of aryl methyl sites for hydroxylation is 2. The number of hydrogen-bond acceptors (Lipinski definition) is 3. The van der Waals surface area contributed by atoms with Crippen molar-refractivity contribution in [1.82, 2.24) is 15.0 Å². The van der Waals surface area contributed by atoms with Crippen molar-refractivity contribution in [2.24, 2.45) is 7.05 Å². The fourth-order valence-corrected chi connectivity index (χ4v) is 1.26. The zero-order valence-corrected chi connectivity index (χ0v) is 7.19. The van der Waals surface area contributed by atoms with E-state index in [0.717, 1.165) is 31.4 Å². The lowest BCUT2D eigenvalue weighted by molar-refractivity contribution is 0.140. The van der Waals surface area contributed by atoms with Crippen LogP contribution in [0.25, 0.3) is 0 Å². The maximum Gasteiger partial charge on any atom is 0.0828 e. The van der Waals surface area contributed by atoms with Crippen molar-refractivity contribution in [2.45, 2.75) is 31.3 Å². The lowest BCUT2D eigenvalue weighted by Gasteiger charge is -2.03. The predicted octanol–water partition coefficient (Wildman–Crippen LogP) is 0.273. The van der Waals surface area contributed by atoms with Gasteiger partial charge in [0.2, 0.25) is 0 Å². The molecule has 0 radical (unpaired) electrons. The van der Waals surface area contributed by atoms with Gasteiger partial charge in [0.05, 0.1) is 11.3 Å². The van der Waals surface area contributed by atoms with Gasteiger partial charge in [-0.05, 0) is 25.7 Å². The highest BCUT2D eigenvalue weighted by Gasteiger charge is 2.39. The van der Waals surface area contributed by atoms with E-state index >= 15 is 0 Å². The molecule has 1 saturated carbocycles. The Hall–Kier alpha value is -0.900. The number of aromatic nitrogens is 3. The Morgan fingerprint density at radius 1 is 1.67 bits per heavy atom. The average Bonchev–Trinajstić information content (AvgIpc) is 2.60. The van der Waals surface area contributed by atoms with Gasteiger partial charge in [0.1, 0.15) is 0 Å². The van der Waals surface area contributed by atoms with Crippen LogP contribution in [0.2, 0.25) is 0 Å². The number of rotatable bonds is 3. The topological polar surface area (TPSA) is 50.9 Å². The maximum atomic E-state index is 9.54. The molecule has 1 aromatic rings. The van der Waals surface area contributed by atoms with Crippen LogP contribution in [0.15, 0.2) is 6.20 Å². The molecule has 0 atom stereocenters. The molecule has 0 aromatic carbocycles. The van der Waals surface area contributed by atoms with E-state index in [1.165, 1.54) is 0 Å². The molecule has 1 N–H and O–H groups in total. The molecule has 1 aliphatic carbocycles. The summed E-state index contributed by atoms with van der Waals surface area (Å²) < 4.78 is 1.69. The molecule has 66 valence electrons. The lowest BCUT2D eigenvalue weighted by atomic mass is 10.1. The molecule has 0 saturated heterocycles. The summed E-state index contributed by atoms with van der Waals surface area (Å²) >= 11 is 0. The standard InChI is InChI=1S/C8H13N3O/c1-11-6-7(9-10-11)2-3-8(12)4-5-8/h6,12H,2-5H2,1H3. The Morgan fingerprint density at radius 2 is 2.42 bits per heavy atom. The quantitative estimate of drug-likeness (QED) is 0.703. The van der Waals surface area contributed by atoms with Gasteiger partial charge in [-0.1, -0.05) is 5.21 Å². The smallest absolute Gasteiger partial charge is 0.0828 e. The van der Waals surface area contributed by atoms with Crippen molar-refractivity contribution in [3.63, 3.8) is 0 Å². The Labute approximate surface area is 71.2 Å². The van der Waals surface area contributed by atoms with Gasteiger partial charge in [-0.3, -0.25) is 4.68 Å². The first-order valence-corrected chi connectivity index (χ1v) is 4.26. The minimum Gasteiger partial charge on any atom is -0.390 e. The average molecular weight is 167 g/mol. The van der Waals surface area contributed by atoms with Crippen LogP contribution in [0.3, 0.4) is 0 Å². The van der Waals surface area contributed by atoms with Crippen molar-refractivity contribution in [2.75, 3.05) is 0 Å². The first-order valence-electron chi connectivity index (χ1n) is 4.26. The van der Waals surface area contributed by atoms with Crippen LogP contribution in [0.4, 0.5) is 0 Å². The van der Waals surface area contributed by atoms with Crippen molar-refractivity contribution in [3.05, 3.63) is 11.9 Å². The molecule has 1 heterocycles. The molecule has 0 amide bonds. The van der Waals surface area contributed by atoms with E-state index < -0.39 is 0 Å². The van der Waals surface area contributed by atoms with Gasteiger partial charge < -0.3 is 5.11 Å². The Morgan fingerprint density at radius 3 is 2.92 bits per heavy atom. The van der Waals surface area contributed by atoms with Gasteiger partial charge in [0.25, 0.3) is 0 Å². The predicted molar refractivity (Wildman–Crippen MR) is 43.5 cm³/mol. The molecule has 1 fully saturated rings. The van der Waals surface area contributed by atoms with Crippen molar-refractivity contribution in [1.29, 1.82) is 0 Å². The maximum absolute atomic E-state index is 9.54. The van der Waals surface area contributed by atoms with Crippen LogP contribution < -0.4 is 0 Å². The second-order valence-electron chi connectivity index (χ2n) is 3.61. The third kappa shape index (κ3) is 1.64. The molecule has 0 spiro atoms. The van der Waals surface area contributed by atoms with Gasteiger partial charge in [-0.25, -0.2) is 0 Å². The van der Waals surface area contributed by atoms with Gasteiger partial charge in [-0.15, -0.1) is 5.10 Å². The Kier molecular flexibility index (Phi) is 1.65. The lowest BCUT2D eigenvalue weighted by Crippen LogP contribution is -2.07. The van der Waals surface area contributed by atoms with E-state index in [9.17, 15) is 5.11 Å². The largest absolute Gasteiger partial charge is 0.390 e. The molecule has 0 aliphatic heterocycles. The number of hydrogen-bond donors (Lipinski definition) is 1. The fourth-order valence-electron chi connectivity index (χ4n) is 1.26. The normalized spacial score (nSPS) is 19.5. The molecule has 2 rings (SSSR count). The third-order valence-corrected chi connectivity index (χ3v) is 2.32. The van der Waals surface area contributed by atoms with Crippen LogP contribution in [0, 0.1) is 0 Å². The van der Waals surface area contributed by atoms with E-state index in [2.05, 4.69) is 10.3 Å². The third-order valence-electron chi connectivity index (χ3n) is 2.32. The van der Waals surface area contributed by atoms with Crippen LogP contribution in [0.1, 0.15) is 25.0 Å². The molecular formula is C8H13N3O. The molecule has 0 unspecified atom stereocenters. The summed E-state index contributed by atoms with van der Waals surface area (Å²) in [6.45, 7) is 0. The van der Waals surface area contributed by atoms with Crippen LogP contribution in [-0.4, -0.2) is 25.7 Å². The first-order chi connectivity index (χ1) is 5.68. The second kappa shape index (κ2) is 2.55. The molecule has 12 heavy (non-hydrogen) atoms. The summed E-state index contributed by atoms with van der Waals surface area (Å²) in [6.07, 6.45) is 5.46. The zero-order chi connectivity index (χ0) is 8.60. The van der Waals surface area contributed by atoms with E-state index in [-0.39, 0.29) is 5.60 Å². The van der Waals surface area contributed by atoms with Crippen molar-refractivity contribution >= 4 is 0 Å². The highest BCUT2D eigenvalue weighted by Crippen LogP contribution is 2.38. The van der Waals surface area contributed by atoms with Crippen LogP contribution in [0.5, 0.6) is 0 Å². The monoisotopic (exact) mass is 167 g/mol. The van der Waals surface area contributed by atoms with Gasteiger partial charge >= 0.3 is 0 Å². The van der Waals surface area contributed by atoms with Gasteiger partial charge in [0.15, 0.2) is 0 Å². The fraction of sp³-hybridized carbons (Fsp3) is 0.750. The summed E-state index contributed by atoms with van der Waals surface area (Å²) in [6, 6.07) is 0.